The van der Waals surface area contributed by atoms with Crippen molar-refractivity contribution in [3.05, 3.63) is 253 Å². The Kier molecular flexibility index (Phi) is 10.5. The zero-order valence-electron chi connectivity index (χ0n) is 42.9. The molecule has 0 unspecified atom stereocenters. The fraction of sp³-hybridized carbons (Fsp3) is 0.0286. The Bertz CT molecular complexity index is 4950. The molecule has 15 rings (SSSR count). The number of hydrogen-bond donors (Lipinski definition) is 0. The van der Waals surface area contributed by atoms with E-state index in [1.54, 1.807) is 57.7 Å². The number of fused-ring (bicyclic) bond motifs is 12. The Balaban J connectivity index is 1.25. The van der Waals surface area contributed by atoms with Gasteiger partial charge in [0.2, 0.25) is 0 Å². The van der Waals surface area contributed by atoms with Gasteiger partial charge in [-0.05, 0) is 84.9 Å². The highest BCUT2D eigenvalue weighted by molar-refractivity contribution is 6.21. The van der Waals surface area contributed by atoms with Gasteiger partial charge in [0.25, 0.3) is 0 Å². The molecular weight excluding hydrogens is 1040 g/mol. The number of aromatic nitrogens is 4. The van der Waals surface area contributed by atoms with E-state index in [4.69, 9.17) is 0 Å². The first-order valence-corrected chi connectivity index (χ1v) is 26.4. The second-order valence-electron chi connectivity index (χ2n) is 20.4. The van der Waals surface area contributed by atoms with Crippen LogP contribution in [0.1, 0.15) is 22.3 Å². The third-order valence-corrected chi connectivity index (χ3v) is 16.1. The van der Waals surface area contributed by atoms with Crippen LogP contribution in [0.25, 0.3) is 132 Å². The average Bonchev–Trinajstić information content (AvgIpc) is 1.68. The Morgan fingerprint density at radius 2 is 0.598 bits per heavy atom. The van der Waals surface area contributed by atoms with E-state index in [0.717, 1.165) is 68.2 Å². The van der Waals surface area contributed by atoms with Crippen molar-refractivity contribution in [2.45, 2.75) is 12.4 Å². The highest BCUT2D eigenvalue weighted by atomic mass is 19.4. The summed E-state index contributed by atoms with van der Waals surface area (Å²) in [4.78, 5) is 0. The van der Waals surface area contributed by atoms with Crippen LogP contribution in [-0.2, 0) is 12.4 Å². The molecule has 0 aliphatic rings. The minimum atomic E-state index is -4.72. The molecule has 0 aliphatic heterocycles. The van der Waals surface area contributed by atoms with Crippen molar-refractivity contribution in [2.75, 3.05) is 0 Å². The van der Waals surface area contributed by atoms with Gasteiger partial charge in [-0.2, -0.15) is 36.9 Å². The maximum atomic E-state index is 14.9. The average molecular weight is 1080 g/mol. The van der Waals surface area contributed by atoms with Crippen molar-refractivity contribution in [3.63, 3.8) is 0 Å². The molecule has 0 saturated carbocycles. The third kappa shape index (κ3) is 6.95. The van der Waals surface area contributed by atoms with Gasteiger partial charge in [-0.1, -0.05) is 146 Å². The molecule has 82 heavy (non-hydrogen) atoms. The molecule has 4 heterocycles. The lowest BCUT2D eigenvalue weighted by Gasteiger charge is -2.26. The van der Waals surface area contributed by atoms with Crippen LogP contribution in [0.5, 0.6) is 0 Å². The van der Waals surface area contributed by atoms with Crippen LogP contribution in [-0.4, -0.2) is 18.3 Å². The van der Waals surface area contributed by atoms with Gasteiger partial charge in [0.1, 0.15) is 12.1 Å². The molecule has 11 aromatic carbocycles. The second-order valence-corrected chi connectivity index (χ2v) is 20.4. The predicted octanol–water partition coefficient (Wildman–Crippen LogP) is 19.2. The van der Waals surface area contributed by atoms with Crippen LogP contribution >= 0.6 is 0 Å². The Morgan fingerprint density at radius 1 is 0.293 bits per heavy atom. The topological polar surface area (TPSA) is 67.3 Å². The Hall–Kier alpha value is -10.8. The van der Waals surface area contributed by atoms with E-state index in [2.05, 4.69) is 21.3 Å². The van der Waals surface area contributed by atoms with Gasteiger partial charge in [-0.15, -0.1) is 0 Å². The molecule has 0 atom stereocenters. The minimum Gasteiger partial charge on any atom is -0.309 e. The molecule has 0 N–H and O–H groups in total. The minimum absolute atomic E-state index is 0.0427. The van der Waals surface area contributed by atoms with E-state index in [1.165, 1.54) is 12.1 Å². The molecule has 0 aliphatic carbocycles. The first kappa shape index (κ1) is 48.3. The second kappa shape index (κ2) is 17.8. The van der Waals surface area contributed by atoms with Gasteiger partial charge in [-0.3, -0.25) is 0 Å². The SMILES string of the molecule is N#Cc1c(-c2cccc3c4ccccc4n(-c4ccccc4)c23)c(-c2cccc3c4ccccc4n(-c4ccccc4)c23)c(C#N)c(-n2c3ccccc3c3cc(C(F)(F)F)ccc32)c1-n1c2ccccc2c2cc(C(F)(F)F)ccc21. The number of benzene rings is 11. The number of nitrogens with zero attached hydrogens (tertiary/aromatic N) is 6. The van der Waals surface area contributed by atoms with E-state index in [9.17, 15) is 36.9 Å². The van der Waals surface area contributed by atoms with Crippen molar-refractivity contribution >= 4 is 87.2 Å². The van der Waals surface area contributed by atoms with Gasteiger partial charge in [0.15, 0.2) is 0 Å². The molecule has 0 radical (unpaired) electrons. The fourth-order valence-electron chi connectivity index (χ4n) is 12.8. The largest absolute Gasteiger partial charge is 0.416 e. The Morgan fingerprint density at radius 3 is 0.951 bits per heavy atom. The molecule has 0 saturated heterocycles. The molecule has 0 spiro atoms. The quantitative estimate of drug-likeness (QED) is 0.156. The first-order valence-electron chi connectivity index (χ1n) is 26.4. The molecule has 390 valence electrons. The zero-order chi connectivity index (χ0) is 55.8. The lowest BCUT2D eigenvalue weighted by atomic mass is 9.83. The van der Waals surface area contributed by atoms with Gasteiger partial charge in [0.05, 0.1) is 77.8 Å². The summed E-state index contributed by atoms with van der Waals surface area (Å²) in [7, 11) is 0. The Labute approximate surface area is 462 Å². The van der Waals surface area contributed by atoms with Crippen LogP contribution in [0.2, 0.25) is 0 Å². The molecule has 15 aromatic rings. The number of hydrogen-bond acceptors (Lipinski definition) is 2. The first-order chi connectivity index (χ1) is 39.9. The van der Waals surface area contributed by atoms with Crippen LogP contribution in [0.4, 0.5) is 26.3 Å². The summed E-state index contributed by atoms with van der Waals surface area (Å²) in [5.74, 6) is 0. The smallest absolute Gasteiger partial charge is 0.309 e. The summed E-state index contributed by atoms with van der Waals surface area (Å²) in [6, 6.07) is 73.8. The highest BCUT2D eigenvalue weighted by Gasteiger charge is 2.37. The number of alkyl halides is 6. The number of para-hydroxylation sites is 8. The molecule has 4 aromatic heterocycles. The number of rotatable bonds is 6. The molecule has 0 fully saturated rings. The van der Waals surface area contributed by atoms with Crippen LogP contribution in [0.3, 0.4) is 0 Å². The molecule has 0 bridgehead atoms. The van der Waals surface area contributed by atoms with Gasteiger partial charge in [0, 0.05) is 76.7 Å². The summed E-state index contributed by atoms with van der Waals surface area (Å²) in [6.45, 7) is 0. The summed E-state index contributed by atoms with van der Waals surface area (Å²) in [5.41, 5.74) is 6.57. The standard InChI is InChI=1S/C70H38F6N6/c71-69(72,73)41-33-35-61-53(37-41)47-23-9-13-31-59(47)81(61)67-55(39-77)63(51-27-15-25-49-45-21-7-11-29-57(45)79(65(49)51)43-17-3-1-4-18-43)64(52-28-16-26-50-46-22-8-12-30-58(46)80(66(50)52)44-19-5-2-6-20-44)56(40-78)68(67)82-60-32-14-10-24-48(60)54-38-42(70(74,75)76)34-36-62(54)82/h1-38H. The van der Waals surface area contributed by atoms with Gasteiger partial charge in [-0.25, -0.2) is 0 Å². The number of halogens is 6. The van der Waals surface area contributed by atoms with Crippen molar-refractivity contribution in [1.29, 1.82) is 10.5 Å². The van der Waals surface area contributed by atoms with Crippen LogP contribution in [0, 0.1) is 22.7 Å². The van der Waals surface area contributed by atoms with Crippen LogP contribution < -0.4 is 0 Å². The summed E-state index contributed by atoms with van der Waals surface area (Å²) in [6.07, 6.45) is -9.44. The van der Waals surface area contributed by atoms with Crippen molar-refractivity contribution in [1.82, 2.24) is 18.3 Å². The van der Waals surface area contributed by atoms with Crippen molar-refractivity contribution in [3.8, 4) is 57.1 Å². The maximum absolute atomic E-state index is 14.9. The van der Waals surface area contributed by atoms with E-state index in [-0.39, 0.29) is 44.3 Å². The molecule has 12 heteroatoms. The number of nitriles is 2. The molecule has 0 amide bonds. The highest BCUT2D eigenvalue weighted by Crippen LogP contribution is 2.53. The van der Waals surface area contributed by atoms with E-state index in [0.29, 0.717) is 55.1 Å². The van der Waals surface area contributed by atoms with E-state index in [1.807, 2.05) is 146 Å². The van der Waals surface area contributed by atoms with Gasteiger partial charge < -0.3 is 18.3 Å². The fourth-order valence-corrected chi connectivity index (χ4v) is 12.8. The van der Waals surface area contributed by atoms with Crippen molar-refractivity contribution in [2.24, 2.45) is 0 Å². The third-order valence-electron chi connectivity index (χ3n) is 16.1. The normalized spacial score (nSPS) is 12.2. The molecular formula is C70H38F6N6. The lowest BCUT2D eigenvalue weighted by Crippen LogP contribution is -2.13. The van der Waals surface area contributed by atoms with Gasteiger partial charge >= 0.3 is 12.4 Å². The summed E-state index contributed by atoms with van der Waals surface area (Å²) in [5, 5.41) is 30.2. The monoisotopic (exact) mass is 1080 g/mol. The van der Waals surface area contributed by atoms with E-state index < -0.39 is 23.5 Å². The summed E-state index contributed by atoms with van der Waals surface area (Å²) < 4.78 is 97.0. The van der Waals surface area contributed by atoms with Crippen LogP contribution in [0.15, 0.2) is 231 Å². The lowest BCUT2D eigenvalue weighted by molar-refractivity contribution is -0.138. The van der Waals surface area contributed by atoms with Crippen molar-refractivity contribution < 1.29 is 26.3 Å². The molecule has 6 nitrogen and oxygen atoms in total. The maximum Gasteiger partial charge on any atom is 0.416 e. The predicted molar refractivity (Wildman–Crippen MR) is 314 cm³/mol. The zero-order valence-corrected chi connectivity index (χ0v) is 42.9. The summed E-state index contributed by atoms with van der Waals surface area (Å²) >= 11 is 0. The van der Waals surface area contributed by atoms with E-state index >= 15 is 0 Å².